The summed E-state index contributed by atoms with van der Waals surface area (Å²) in [5.74, 6) is -0.688. The molecule has 128 valence electrons. The zero-order chi connectivity index (χ0) is 17.2. The van der Waals surface area contributed by atoms with Crippen molar-refractivity contribution in [3.8, 4) is 0 Å². The maximum absolute atomic E-state index is 12.9. The molecule has 24 heavy (non-hydrogen) atoms. The molecule has 1 aromatic heterocycles. The van der Waals surface area contributed by atoms with Crippen LogP contribution in [0.1, 0.15) is 28.7 Å². The molecule has 0 unspecified atom stereocenters. The monoisotopic (exact) mass is 350 g/mol. The number of hydrogen-bond donors (Lipinski definition) is 1. The molecule has 1 fully saturated rings. The fourth-order valence-electron chi connectivity index (χ4n) is 2.57. The van der Waals surface area contributed by atoms with Gasteiger partial charge in [0.25, 0.3) is 5.91 Å². The van der Waals surface area contributed by atoms with Crippen molar-refractivity contribution in [2.24, 2.45) is 0 Å². The molecule has 1 N–H and O–H groups in total. The van der Waals surface area contributed by atoms with Crippen LogP contribution in [0.2, 0.25) is 0 Å². The topological polar surface area (TPSA) is 67.4 Å². The fraction of sp³-hybridized carbons (Fsp3) is 0.438. The molecule has 2 aromatic rings. The number of benzene rings is 1. The number of rotatable bonds is 4. The molecule has 8 heteroatoms. The summed E-state index contributed by atoms with van der Waals surface area (Å²) in [5, 5.41) is 11.8. The molecule has 0 spiro atoms. The van der Waals surface area contributed by atoms with E-state index in [4.69, 9.17) is 4.74 Å². The summed E-state index contributed by atoms with van der Waals surface area (Å²) in [6.07, 6.45) is 0. The van der Waals surface area contributed by atoms with Gasteiger partial charge in [0.05, 0.1) is 18.8 Å². The lowest BCUT2D eigenvalue weighted by Gasteiger charge is -2.37. The molecule has 1 aliphatic heterocycles. The van der Waals surface area contributed by atoms with Crippen molar-refractivity contribution in [3.05, 3.63) is 40.1 Å². The van der Waals surface area contributed by atoms with Crippen LogP contribution in [-0.2, 0) is 11.3 Å². The summed E-state index contributed by atoms with van der Waals surface area (Å²) >= 11 is 1.27. The number of anilines is 1. The Morgan fingerprint density at radius 1 is 1.38 bits per heavy atom. The molecule has 1 aliphatic rings. The molecular weight excluding hydrogens is 331 g/mol. The Kier molecular flexibility index (Phi) is 4.88. The van der Waals surface area contributed by atoms with Gasteiger partial charge in [-0.3, -0.25) is 9.69 Å². The quantitative estimate of drug-likeness (QED) is 0.918. The highest BCUT2D eigenvalue weighted by atomic mass is 32.1. The summed E-state index contributed by atoms with van der Waals surface area (Å²) in [6.45, 7) is 7.09. The molecule has 0 aliphatic carbocycles. The van der Waals surface area contributed by atoms with Crippen LogP contribution in [-0.4, -0.2) is 46.3 Å². The van der Waals surface area contributed by atoms with E-state index in [2.05, 4.69) is 34.3 Å². The number of carbonyl (C=O) groups is 1. The third-order valence-corrected chi connectivity index (χ3v) is 4.53. The van der Waals surface area contributed by atoms with Crippen LogP contribution >= 0.6 is 11.3 Å². The van der Waals surface area contributed by atoms with Crippen molar-refractivity contribution in [1.29, 1.82) is 0 Å². The number of nitrogens with zero attached hydrogens (tertiary/aromatic N) is 3. The fourth-order valence-corrected chi connectivity index (χ4v) is 3.34. The lowest BCUT2D eigenvalue weighted by Crippen LogP contribution is -2.47. The second-order valence-electron chi connectivity index (χ2n) is 6.28. The van der Waals surface area contributed by atoms with Crippen molar-refractivity contribution < 1.29 is 13.9 Å². The SMILES string of the molecule is CC1(C)CN(Cc2nnc(C(=O)Nc3ccc(F)cc3)s2)CCO1. The highest BCUT2D eigenvalue weighted by Crippen LogP contribution is 2.20. The zero-order valence-corrected chi connectivity index (χ0v) is 14.4. The largest absolute Gasteiger partial charge is 0.373 e. The standard InChI is InChI=1S/C16H19FN4O2S/c1-16(2)10-21(7-8-23-16)9-13-19-20-15(24-13)14(22)18-12-5-3-11(17)4-6-12/h3-6H,7-10H2,1-2H3,(H,18,22). The van der Waals surface area contributed by atoms with Gasteiger partial charge in [0.1, 0.15) is 10.8 Å². The number of halogens is 1. The first-order chi connectivity index (χ1) is 11.4. The zero-order valence-electron chi connectivity index (χ0n) is 13.6. The lowest BCUT2D eigenvalue weighted by molar-refractivity contribution is -0.0883. The van der Waals surface area contributed by atoms with Gasteiger partial charge in [-0.1, -0.05) is 11.3 Å². The van der Waals surface area contributed by atoms with Gasteiger partial charge in [0, 0.05) is 18.8 Å². The molecule has 0 saturated carbocycles. The van der Waals surface area contributed by atoms with Gasteiger partial charge in [-0.25, -0.2) is 4.39 Å². The van der Waals surface area contributed by atoms with Crippen LogP contribution in [0.15, 0.2) is 24.3 Å². The van der Waals surface area contributed by atoms with Crippen LogP contribution < -0.4 is 5.32 Å². The minimum atomic E-state index is -0.348. The predicted molar refractivity (Wildman–Crippen MR) is 89.6 cm³/mol. The number of amides is 1. The van der Waals surface area contributed by atoms with E-state index in [9.17, 15) is 9.18 Å². The van der Waals surface area contributed by atoms with Crippen LogP contribution in [0.4, 0.5) is 10.1 Å². The van der Waals surface area contributed by atoms with Crippen molar-refractivity contribution in [2.75, 3.05) is 25.0 Å². The second-order valence-corrected chi connectivity index (χ2v) is 7.34. The third kappa shape index (κ3) is 4.34. The maximum Gasteiger partial charge on any atom is 0.286 e. The van der Waals surface area contributed by atoms with E-state index >= 15 is 0 Å². The highest BCUT2D eigenvalue weighted by Gasteiger charge is 2.27. The molecule has 3 rings (SSSR count). The smallest absolute Gasteiger partial charge is 0.286 e. The molecule has 1 saturated heterocycles. The molecule has 0 atom stereocenters. The van der Waals surface area contributed by atoms with Crippen molar-refractivity contribution in [1.82, 2.24) is 15.1 Å². The van der Waals surface area contributed by atoms with E-state index in [1.807, 2.05) is 0 Å². The van der Waals surface area contributed by atoms with Gasteiger partial charge in [0.2, 0.25) is 5.01 Å². The van der Waals surface area contributed by atoms with E-state index in [0.717, 1.165) is 18.1 Å². The summed E-state index contributed by atoms with van der Waals surface area (Å²) in [6, 6.07) is 5.60. The van der Waals surface area contributed by atoms with Crippen molar-refractivity contribution >= 4 is 22.9 Å². The van der Waals surface area contributed by atoms with Gasteiger partial charge in [-0.05, 0) is 38.1 Å². The minimum absolute atomic E-state index is 0.175. The van der Waals surface area contributed by atoms with Crippen LogP contribution in [0, 0.1) is 5.82 Å². The summed E-state index contributed by atoms with van der Waals surface area (Å²) in [5.41, 5.74) is 0.346. The first-order valence-corrected chi connectivity index (χ1v) is 8.49. The van der Waals surface area contributed by atoms with E-state index in [1.54, 1.807) is 0 Å². The van der Waals surface area contributed by atoms with E-state index in [1.165, 1.54) is 35.6 Å². The maximum atomic E-state index is 12.9. The van der Waals surface area contributed by atoms with Gasteiger partial charge in [0.15, 0.2) is 0 Å². The molecule has 6 nitrogen and oxygen atoms in total. The molecule has 1 aromatic carbocycles. The number of hydrogen-bond acceptors (Lipinski definition) is 6. The van der Waals surface area contributed by atoms with Crippen LogP contribution in [0.3, 0.4) is 0 Å². The molecule has 0 bridgehead atoms. The Balaban J connectivity index is 1.60. The van der Waals surface area contributed by atoms with Crippen LogP contribution in [0.25, 0.3) is 0 Å². The first kappa shape index (κ1) is 16.9. The van der Waals surface area contributed by atoms with Gasteiger partial charge in [-0.15, -0.1) is 10.2 Å². The third-order valence-electron chi connectivity index (χ3n) is 3.63. The van der Waals surface area contributed by atoms with Crippen molar-refractivity contribution in [2.45, 2.75) is 26.0 Å². The number of carbonyl (C=O) groups excluding carboxylic acids is 1. The molecule has 1 amide bonds. The van der Waals surface area contributed by atoms with Gasteiger partial charge in [-0.2, -0.15) is 0 Å². The summed E-state index contributed by atoms with van der Waals surface area (Å²) in [7, 11) is 0. The normalized spacial score (nSPS) is 17.6. The minimum Gasteiger partial charge on any atom is -0.373 e. The second kappa shape index (κ2) is 6.92. The number of morpholine rings is 1. The molecular formula is C16H19FN4O2S. The average molecular weight is 350 g/mol. The molecule has 0 radical (unpaired) electrons. The summed E-state index contributed by atoms with van der Waals surface area (Å²) < 4.78 is 18.6. The summed E-state index contributed by atoms with van der Waals surface area (Å²) in [4.78, 5) is 14.4. The van der Waals surface area contributed by atoms with Crippen molar-refractivity contribution in [3.63, 3.8) is 0 Å². The van der Waals surface area contributed by atoms with Crippen LogP contribution in [0.5, 0.6) is 0 Å². The van der Waals surface area contributed by atoms with Gasteiger partial charge < -0.3 is 10.1 Å². The highest BCUT2D eigenvalue weighted by molar-refractivity contribution is 7.13. The Morgan fingerprint density at radius 2 is 2.12 bits per heavy atom. The Hall–Kier alpha value is -1.90. The Labute approximate surface area is 143 Å². The van der Waals surface area contributed by atoms with Gasteiger partial charge >= 0.3 is 0 Å². The Bertz CT molecular complexity index is 717. The Morgan fingerprint density at radius 3 is 2.83 bits per heavy atom. The predicted octanol–water partition coefficient (Wildman–Crippen LogP) is 2.54. The lowest BCUT2D eigenvalue weighted by atomic mass is 10.1. The first-order valence-electron chi connectivity index (χ1n) is 7.67. The van der Waals surface area contributed by atoms with E-state index in [0.29, 0.717) is 23.8 Å². The van der Waals surface area contributed by atoms with E-state index < -0.39 is 0 Å². The van der Waals surface area contributed by atoms with E-state index in [-0.39, 0.29) is 17.3 Å². The number of aromatic nitrogens is 2. The average Bonchev–Trinajstić information content (AvgIpc) is 2.97. The molecule has 2 heterocycles. The number of ether oxygens (including phenoxy) is 1. The number of nitrogens with one attached hydrogen (secondary N) is 1.